The Morgan fingerprint density at radius 1 is 0.842 bits per heavy atom. The largest absolute Gasteiger partial charge is 0.494 e. The first-order chi connectivity index (χ1) is 9.38. The van der Waals surface area contributed by atoms with Gasteiger partial charge in [0.15, 0.2) is 0 Å². The van der Waals surface area contributed by atoms with Crippen LogP contribution in [0.25, 0.3) is 12.2 Å². The second-order valence-electron chi connectivity index (χ2n) is 4.20. The summed E-state index contributed by atoms with van der Waals surface area (Å²) in [6.07, 6.45) is 5.07. The quantitative estimate of drug-likeness (QED) is 0.414. The zero-order valence-corrected chi connectivity index (χ0v) is 11.5. The van der Waals surface area contributed by atoms with E-state index in [1.165, 1.54) is 5.56 Å². The molecule has 0 aliphatic heterocycles. The highest BCUT2D eigenvalue weighted by molar-refractivity contribution is 6.17. The van der Waals surface area contributed by atoms with E-state index in [4.69, 9.17) is 16.3 Å². The van der Waals surface area contributed by atoms with Gasteiger partial charge in [-0.3, -0.25) is 0 Å². The molecule has 0 aromatic heterocycles. The van der Waals surface area contributed by atoms with Crippen LogP contribution in [0.4, 0.5) is 0 Å². The number of benzene rings is 2. The predicted octanol–water partition coefficient (Wildman–Crippen LogP) is 4.86. The molecule has 2 heteroatoms. The molecule has 0 unspecified atom stereocenters. The minimum absolute atomic E-state index is 0.637. The summed E-state index contributed by atoms with van der Waals surface area (Å²) in [5.74, 6) is 1.53. The smallest absolute Gasteiger partial charge is 0.119 e. The molecule has 0 heterocycles. The number of ether oxygens (including phenoxy) is 1. The second kappa shape index (κ2) is 7.65. The van der Waals surface area contributed by atoms with Gasteiger partial charge in [-0.1, -0.05) is 54.6 Å². The Balaban J connectivity index is 1.93. The Morgan fingerprint density at radius 3 is 2.11 bits per heavy atom. The van der Waals surface area contributed by atoms with Crippen LogP contribution in [-0.4, -0.2) is 12.5 Å². The molecule has 0 N–H and O–H groups in total. The van der Waals surface area contributed by atoms with E-state index in [9.17, 15) is 0 Å². The van der Waals surface area contributed by atoms with Crippen molar-refractivity contribution in [2.45, 2.75) is 6.42 Å². The number of hydrogen-bond donors (Lipinski definition) is 0. The SMILES string of the molecule is ClCCCOc1ccc(/C=C/c2ccccc2)cc1. The van der Waals surface area contributed by atoms with Crippen molar-refractivity contribution in [1.82, 2.24) is 0 Å². The predicted molar refractivity (Wildman–Crippen MR) is 82.6 cm³/mol. The van der Waals surface area contributed by atoms with Gasteiger partial charge in [-0.25, -0.2) is 0 Å². The summed E-state index contributed by atoms with van der Waals surface area (Å²) in [4.78, 5) is 0. The van der Waals surface area contributed by atoms with Crippen LogP contribution in [0.5, 0.6) is 5.75 Å². The first kappa shape index (κ1) is 13.7. The summed E-state index contributed by atoms with van der Waals surface area (Å²) in [5.41, 5.74) is 2.36. The maximum atomic E-state index is 5.60. The first-order valence-corrected chi connectivity index (χ1v) is 6.94. The molecule has 0 bridgehead atoms. The number of rotatable bonds is 6. The van der Waals surface area contributed by atoms with E-state index < -0.39 is 0 Å². The number of hydrogen-bond acceptors (Lipinski definition) is 1. The molecule has 1 nitrogen and oxygen atoms in total. The van der Waals surface area contributed by atoms with Crippen molar-refractivity contribution in [3.63, 3.8) is 0 Å². The molecule has 0 aliphatic rings. The Hall–Kier alpha value is -1.73. The Morgan fingerprint density at radius 2 is 1.47 bits per heavy atom. The number of alkyl halides is 1. The van der Waals surface area contributed by atoms with Crippen LogP contribution in [0.3, 0.4) is 0 Å². The van der Waals surface area contributed by atoms with Gasteiger partial charge in [0.1, 0.15) is 5.75 Å². The molecule has 19 heavy (non-hydrogen) atoms. The lowest BCUT2D eigenvalue weighted by Gasteiger charge is -2.04. The highest BCUT2D eigenvalue weighted by Crippen LogP contribution is 2.14. The molecule has 2 rings (SSSR count). The van der Waals surface area contributed by atoms with Gasteiger partial charge >= 0.3 is 0 Å². The highest BCUT2D eigenvalue weighted by atomic mass is 35.5. The molecule has 0 radical (unpaired) electrons. The van der Waals surface area contributed by atoms with Gasteiger partial charge in [0, 0.05) is 5.88 Å². The van der Waals surface area contributed by atoms with E-state index in [1.807, 2.05) is 30.3 Å². The standard InChI is InChI=1S/C17H17ClO/c18-13-4-14-19-17-11-9-16(10-12-17)8-7-15-5-2-1-3-6-15/h1-3,5-12H,4,13-14H2/b8-7+. The average molecular weight is 273 g/mol. The Kier molecular flexibility index (Phi) is 5.51. The molecular weight excluding hydrogens is 256 g/mol. The highest BCUT2D eigenvalue weighted by Gasteiger charge is 1.93. The van der Waals surface area contributed by atoms with Crippen LogP contribution in [0.1, 0.15) is 17.5 Å². The molecule has 0 saturated heterocycles. The molecular formula is C17H17ClO. The summed E-state index contributed by atoms with van der Waals surface area (Å²) in [5, 5.41) is 0. The lowest BCUT2D eigenvalue weighted by Crippen LogP contribution is -1.97. The molecule has 2 aromatic rings. The minimum atomic E-state index is 0.637. The van der Waals surface area contributed by atoms with Crippen molar-refractivity contribution >= 4 is 23.8 Å². The van der Waals surface area contributed by atoms with Crippen molar-refractivity contribution in [1.29, 1.82) is 0 Å². The van der Waals surface area contributed by atoms with Crippen molar-refractivity contribution in [2.24, 2.45) is 0 Å². The molecule has 2 aromatic carbocycles. The molecule has 0 spiro atoms. The van der Waals surface area contributed by atoms with E-state index in [2.05, 4.69) is 36.4 Å². The maximum absolute atomic E-state index is 5.60. The summed E-state index contributed by atoms with van der Waals surface area (Å²) >= 11 is 5.60. The van der Waals surface area contributed by atoms with Crippen LogP contribution in [-0.2, 0) is 0 Å². The van der Waals surface area contributed by atoms with Crippen molar-refractivity contribution in [2.75, 3.05) is 12.5 Å². The molecule has 98 valence electrons. The minimum Gasteiger partial charge on any atom is -0.494 e. The van der Waals surface area contributed by atoms with E-state index in [0.717, 1.165) is 17.7 Å². The first-order valence-electron chi connectivity index (χ1n) is 6.40. The van der Waals surface area contributed by atoms with Gasteiger partial charge in [-0.2, -0.15) is 0 Å². The summed E-state index contributed by atoms with van der Waals surface area (Å²) in [7, 11) is 0. The van der Waals surface area contributed by atoms with Gasteiger partial charge in [-0.05, 0) is 29.7 Å². The summed E-state index contributed by atoms with van der Waals surface area (Å²) in [6, 6.07) is 18.3. The van der Waals surface area contributed by atoms with Gasteiger partial charge in [0.05, 0.1) is 6.61 Å². The van der Waals surface area contributed by atoms with Gasteiger partial charge < -0.3 is 4.74 Å². The van der Waals surface area contributed by atoms with Crippen LogP contribution < -0.4 is 4.74 Å². The fourth-order valence-electron chi connectivity index (χ4n) is 1.68. The van der Waals surface area contributed by atoms with E-state index in [0.29, 0.717) is 12.5 Å². The van der Waals surface area contributed by atoms with Crippen LogP contribution in [0.15, 0.2) is 54.6 Å². The normalized spacial score (nSPS) is 10.8. The molecule has 0 saturated carbocycles. The third kappa shape index (κ3) is 4.80. The number of halogens is 1. The van der Waals surface area contributed by atoms with E-state index in [1.54, 1.807) is 0 Å². The van der Waals surface area contributed by atoms with Gasteiger partial charge in [0.25, 0.3) is 0 Å². The zero-order valence-electron chi connectivity index (χ0n) is 10.8. The maximum Gasteiger partial charge on any atom is 0.119 e. The fraction of sp³-hybridized carbons (Fsp3) is 0.176. The molecule has 0 fully saturated rings. The zero-order chi connectivity index (χ0) is 13.3. The lowest BCUT2D eigenvalue weighted by atomic mass is 10.1. The van der Waals surface area contributed by atoms with Gasteiger partial charge in [0.2, 0.25) is 0 Å². The van der Waals surface area contributed by atoms with Crippen molar-refractivity contribution in [3.8, 4) is 5.75 Å². The van der Waals surface area contributed by atoms with Crippen LogP contribution >= 0.6 is 11.6 Å². The van der Waals surface area contributed by atoms with E-state index >= 15 is 0 Å². The monoisotopic (exact) mass is 272 g/mol. The molecule has 0 atom stereocenters. The third-order valence-electron chi connectivity index (χ3n) is 2.69. The van der Waals surface area contributed by atoms with Crippen LogP contribution in [0, 0.1) is 0 Å². The topological polar surface area (TPSA) is 9.23 Å². The summed E-state index contributed by atoms with van der Waals surface area (Å²) in [6.45, 7) is 0.669. The Labute approximate surface area is 119 Å². The average Bonchev–Trinajstić information content (AvgIpc) is 2.48. The Bertz CT molecular complexity index is 503. The third-order valence-corrected chi connectivity index (χ3v) is 2.96. The van der Waals surface area contributed by atoms with Crippen molar-refractivity contribution < 1.29 is 4.74 Å². The summed E-state index contributed by atoms with van der Waals surface area (Å²) < 4.78 is 5.56. The van der Waals surface area contributed by atoms with E-state index in [-0.39, 0.29) is 0 Å². The van der Waals surface area contributed by atoms with Gasteiger partial charge in [-0.15, -0.1) is 11.6 Å². The lowest BCUT2D eigenvalue weighted by molar-refractivity contribution is 0.318. The fourth-order valence-corrected chi connectivity index (χ4v) is 1.79. The van der Waals surface area contributed by atoms with Crippen LogP contribution in [0.2, 0.25) is 0 Å². The molecule has 0 aliphatic carbocycles. The second-order valence-corrected chi connectivity index (χ2v) is 4.58. The molecule has 0 amide bonds. The van der Waals surface area contributed by atoms with Crippen molar-refractivity contribution in [3.05, 3.63) is 65.7 Å².